The highest BCUT2D eigenvalue weighted by Crippen LogP contribution is 2.18. The molecule has 0 spiro atoms. The van der Waals surface area contributed by atoms with E-state index in [2.05, 4.69) is 5.32 Å². The molecule has 0 heterocycles. The third-order valence-electron chi connectivity index (χ3n) is 2.84. The Balaban J connectivity index is 2.14. The Kier molecular flexibility index (Phi) is 4.93. The summed E-state index contributed by atoms with van der Waals surface area (Å²) in [7, 11) is 0. The number of hydrogen-bond donors (Lipinski definition) is 1. The van der Waals surface area contributed by atoms with Crippen LogP contribution in [0.3, 0.4) is 0 Å². The van der Waals surface area contributed by atoms with Crippen molar-refractivity contribution in [3.63, 3.8) is 0 Å². The molecule has 0 radical (unpaired) electrons. The van der Waals surface area contributed by atoms with E-state index in [9.17, 15) is 4.79 Å². The van der Waals surface area contributed by atoms with Gasteiger partial charge in [0.05, 0.1) is 10.6 Å². The van der Waals surface area contributed by atoms with E-state index in [4.69, 9.17) is 22.1 Å². The Morgan fingerprint density at radius 2 is 1.68 bits per heavy atom. The van der Waals surface area contributed by atoms with Crippen molar-refractivity contribution >= 4 is 29.3 Å². The number of carbonyl (C=O) groups excluding carboxylic acids is 1. The number of allylic oxidation sites excluding steroid dienone is 1. The van der Waals surface area contributed by atoms with Gasteiger partial charge in [-0.3, -0.25) is 4.79 Å². The SMILES string of the molecule is N#CC(C#N)=Cc1ccc(NC(=O)c2ccccc2Cl)cc1. The molecule has 1 N–H and O–H groups in total. The van der Waals surface area contributed by atoms with Crippen LogP contribution in [0.1, 0.15) is 15.9 Å². The van der Waals surface area contributed by atoms with Crippen LogP contribution in [-0.4, -0.2) is 5.91 Å². The van der Waals surface area contributed by atoms with Crippen LogP contribution in [0.4, 0.5) is 5.69 Å². The lowest BCUT2D eigenvalue weighted by Gasteiger charge is -2.06. The first kappa shape index (κ1) is 15.3. The van der Waals surface area contributed by atoms with Crippen molar-refractivity contribution in [2.45, 2.75) is 0 Å². The van der Waals surface area contributed by atoms with Gasteiger partial charge in [0.25, 0.3) is 5.91 Å². The van der Waals surface area contributed by atoms with Gasteiger partial charge in [-0.05, 0) is 35.9 Å². The third-order valence-corrected chi connectivity index (χ3v) is 3.17. The highest BCUT2D eigenvalue weighted by Gasteiger charge is 2.09. The molecule has 0 saturated carbocycles. The van der Waals surface area contributed by atoms with Crippen LogP contribution < -0.4 is 5.32 Å². The smallest absolute Gasteiger partial charge is 0.257 e. The summed E-state index contributed by atoms with van der Waals surface area (Å²) in [6, 6.07) is 17.1. The number of nitriles is 2. The Bertz CT molecular complexity index is 795. The van der Waals surface area contributed by atoms with Crippen molar-refractivity contribution in [2.24, 2.45) is 0 Å². The van der Waals surface area contributed by atoms with Crippen molar-refractivity contribution in [1.29, 1.82) is 10.5 Å². The van der Waals surface area contributed by atoms with Crippen LogP contribution >= 0.6 is 11.6 Å². The number of amides is 1. The summed E-state index contributed by atoms with van der Waals surface area (Å²) in [5.41, 5.74) is 1.71. The molecule has 0 aliphatic carbocycles. The number of nitrogens with one attached hydrogen (secondary N) is 1. The molecule has 0 saturated heterocycles. The Labute approximate surface area is 132 Å². The second-order valence-corrected chi connectivity index (χ2v) is 4.74. The second kappa shape index (κ2) is 7.08. The molecule has 0 aliphatic rings. The van der Waals surface area contributed by atoms with Crippen molar-refractivity contribution in [2.75, 3.05) is 5.32 Å². The molecule has 2 aromatic rings. The molecule has 4 nitrogen and oxygen atoms in total. The molecule has 0 atom stereocenters. The predicted octanol–water partition coefficient (Wildman–Crippen LogP) is 4.02. The number of rotatable bonds is 3. The van der Waals surface area contributed by atoms with E-state index in [1.54, 1.807) is 60.7 Å². The molecule has 22 heavy (non-hydrogen) atoms. The lowest BCUT2D eigenvalue weighted by atomic mass is 10.1. The lowest BCUT2D eigenvalue weighted by Crippen LogP contribution is -2.12. The minimum absolute atomic E-state index is 0.0212. The molecule has 106 valence electrons. The molecule has 0 aromatic heterocycles. The summed E-state index contributed by atoms with van der Waals surface area (Å²) in [5.74, 6) is -0.302. The summed E-state index contributed by atoms with van der Waals surface area (Å²) in [4.78, 5) is 12.1. The first-order valence-corrected chi connectivity index (χ1v) is 6.69. The molecular formula is C17H10ClN3O. The minimum Gasteiger partial charge on any atom is -0.322 e. The van der Waals surface area contributed by atoms with Gasteiger partial charge < -0.3 is 5.32 Å². The summed E-state index contributed by atoms with van der Waals surface area (Å²) in [5, 5.41) is 20.5. The zero-order valence-corrected chi connectivity index (χ0v) is 12.1. The number of benzene rings is 2. The van der Waals surface area contributed by atoms with Crippen LogP contribution in [0.15, 0.2) is 54.1 Å². The fourth-order valence-electron chi connectivity index (χ4n) is 1.76. The van der Waals surface area contributed by atoms with E-state index in [1.807, 2.05) is 0 Å². The molecule has 0 bridgehead atoms. The van der Waals surface area contributed by atoms with E-state index in [-0.39, 0.29) is 11.5 Å². The zero-order valence-electron chi connectivity index (χ0n) is 11.4. The monoisotopic (exact) mass is 307 g/mol. The molecule has 2 rings (SSSR count). The van der Waals surface area contributed by atoms with Crippen LogP contribution in [0.5, 0.6) is 0 Å². The van der Waals surface area contributed by atoms with Gasteiger partial charge in [-0.25, -0.2) is 0 Å². The first-order valence-electron chi connectivity index (χ1n) is 6.32. The average molecular weight is 308 g/mol. The quantitative estimate of drug-likeness (QED) is 0.870. The molecule has 0 aliphatic heterocycles. The van der Waals surface area contributed by atoms with Crippen molar-refractivity contribution in [1.82, 2.24) is 0 Å². The number of nitrogens with zero attached hydrogens (tertiary/aromatic N) is 2. The fraction of sp³-hybridized carbons (Fsp3) is 0. The Morgan fingerprint density at radius 1 is 1.05 bits per heavy atom. The standard InChI is InChI=1S/C17H10ClN3O/c18-16-4-2-1-3-15(16)17(22)21-14-7-5-12(6-8-14)9-13(10-19)11-20/h1-9H,(H,21,22). The van der Waals surface area contributed by atoms with E-state index in [0.717, 1.165) is 0 Å². The van der Waals surface area contributed by atoms with E-state index in [1.165, 1.54) is 6.08 Å². The van der Waals surface area contributed by atoms with Gasteiger partial charge in [0, 0.05) is 5.69 Å². The molecule has 2 aromatic carbocycles. The van der Waals surface area contributed by atoms with Gasteiger partial charge in [-0.1, -0.05) is 35.9 Å². The summed E-state index contributed by atoms with van der Waals surface area (Å²) in [6.07, 6.45) is 1.47. The molecule has 5 heteroatoms. The van der Waals surface area contributed by atoms with Gasteiger partial charge in [0.2, 0.25) is 0 Å². The van der Waals surface area contributed by atoms with Crippen LogP contribution in [0.2, 0.25) is 5.02 Å². The maximum Gasteiger partial charge on any atom is 0.257 e. The molecule has 0 fully saturated rings. The van der Waals surface area contributed by atoms with E-state index >= 15 is 0 Å². The summed E-state index contributed by atoms with van der Waals surface area (Å²) < 4.78 is 0. The topological polar surface area (TPSA) is 76.7 Å². The average Bonchev–Trinajstić information content (AvgIpc) is 2.54. The number of hydrogen-bond acceptors (Lipinski definition) is 3. The van der Waals surface area contributed by atoms with Crippen LogP contribution in [-0.2, 0) is 0 Å². The lowest BCUT2D eigenvalue weighted by molar-refractivity contribution is 0.102. The highest BCUT2D eigenvalue weighted by molar-refractivity contribution is 6.34. The van der Waals surface area contributed by atoms with Crippen molar-refractivity contribution in [3.8, 4) is 12.1 Å². The van der Waals surface area contributed by atoms with Gasteiger partial charge >= 0.3 is 0 Å². The second-order valence-electron chi connectivity index (χ2n) is 4.34. The maximum absolute atomic E-state index is 12.1. The molecule has 0 unspecified atom stereocenters. The maximum atomic E-state index is 12.1. The van der Waals surface area contributed by atoms with Gasteiger partial charge in [-0.15, -0.1) is 0 Å². The Hall–Kier alpha value is -3.08. The van der Waals surface area contributed by atoms with Gasteiger partial charge in [0.1, 0.15) is 17.7 Å². The van der Waals surface area contributed by atoms with Crippen LogP contribution in [0, 0.1) is 22.7 Å². The van der Waals surface area contributed by atoms with Gasteiger partial charge in [-0.2, -0.15) is 10.5 Å². The molecular weight excluding hydrogens is 298 g/mol. The van der Waals surface area contributed by atoms with E-state index in [0.29, 0.717) is 21.8 Å². The molecule has 1 amide bonds. The largest absolute Gasteiger partial charge is 0.322 e. The van der Waals surface area contributed by atoms with E-state index < -0.39 is 0 Å². The minimum atomic E-state index is -0.302. The normalized spacial score (nSPS) is 9.23. The Morgan fingerprint density at radius 3 is 2.27 bits per heavy atom. The highest BCUT2D eigenvalue weighted by atomic mass is 35.5. The fourth-order valence-corrected chi connectivity index (χ4v) is 1.98. The van der Waals surface area contributed by atoms with Crippen LogP contribution in [0.25, 0.3) is 6.08 Å². The number of carbonyl (C=O) groups is 1. The van der Waals surface area contributed by atoms with Crippen molar-refractivity contribution < 1.29 is 4.79 Å². The first-order chi connectivity index (χ1) is 10.6. The number of anilines is 1. The zero-order chi connectivity index (χ0) is 15.9. The summed E-state index contributed by atoms with van der Waals surface area (Å²) >= 11 is 5.97. The van der Waals surface area contributed by atoms with Gasteiger partial charge in [0.15, 0.2) is 0 Å². The predicted molar refractivity (Wildman–Crippen MR) is 85.1 cm³/mol. The third kappa shape index (κ3) is 3.73. The summed E-state index contributed by atoms with van der Waals surface area (Å²) in [6.45, 7) is 0. The van der Waals surface area contributed by atoms with Crippen molar-refractivity contribution in [3.05, 3.63) is 70.3 Å². The number of halogens is 1.